The van der Waals surface area contributed by atoms with E-state index in [2.05, 4.69) is 17.6 Å². The highest BCUT2D eigenvalue weighted by molar-refractivity contribution is 5.74. The standard InChI is InChI=1S/C15H22N2O2/c1-3-4-5-11-8-15(16-10(2)18)13-9-12(19)6-7-14(13)17-11/h6-7,9,11,15,17,19H,3-5,8H2,1-2H3,(H,16,18)/t11-,15+/m1/s1. The van der Waals surface area contributed by atoms with Gasteiger partial charge in [-0.2, -0.15) is 0 Å². The monoisotopic (exact) mass is 262 g/mol. The zero-order chi connectivity index (χ0) is 13.8. The van der Waals surface area contributed by atoms with Gasteiger partial charge >= 0.3 is 0 Å². The molecule has 0 saturated heterocycles. The average Bonchev–Trinajstić information content (AvgIpc) is 2.36. The molecule has 0 radical (unpaired) electrons. The average molecular weight is 262 g/mol. The number of anilines is 1. The summed E-state index contributed by atoms with van der Waals surface area (Å²) in [6, 6.07) is 5.67. The first-order chi connectivity index (χ1) is 9.10. The molecule has 1 heterocycles. The summed E-state index contributed by atoms with van der Waals surface area (Å²) in [5.74, 6) is 0.207. The maximum Gasteiger partial charge on any atom is 0.217 e. The van der Waals surface area contributed by atoms with Crippen molar-refractivity contribution in [2.24, 2.45) is 0 Å². The van der Waals surface area contributed by atoms with Gasteiger partial charge in [-0.3, -0.25) is 4.79 Å². The van der Waals surface area contributed by atoms with E-state index in [9.17, 15) is 9.90 Å². The molecule has 0 aromatic heterocycles. The van der Waals surface area contributed by atoms with Crippen LogP contribution in [0.15, 0.2) is 18.2 Å². The Morgan fingerprint density at radius 1 is 1.53 bits per heavy atom. The molecule has 2 atom stereocenters. The lowest BCUT2D eigenvalue weighted by atomic mass is 9.90. The Bertz CT molecular complexity index is 459. The van der Waals surface area contributed by atoms with Crippen LogP contribution in [-0.2, 0) is 4.79 Å². The molecule has 0 bridgehead atoms. The van der Waals surface area contributed by atoms with Gasteiger partial charge in [-0.1, -0.05) is 19.8 Å². The zero-order valence-electron chi connectivity index (χ0n) is 11.6. The first kappa shape index (κ1) is 13.7. The first-order valence-electron chi connectivity index (χ1n) is 6.96. The summed E-state index contributed by atoms with van der Waals surface area (Å²) >= 11 is 0. The molecule has 0 unspecified atom stereocenters. The van der Waals surface area contributed by atoms with Crippen LogP contribution in [0, 0.1) is 0 Å². The number of hydrogen-bond donors (Lipinski definition) is 3. The normalized spacial score (nSPS) is 21.4. The summed E-state index contributed by atoms with van der Waals surface area (Å²) < 4.78 is 0. The molecule has 4 heteroatoms. The predicted molar refractivity (Wildman–Crippen MR) is 76.2 cm³/mol. The van der Waals surface area contributed by atoms with E-state index in [0.717, 1.165) is 24.1 Å². The van der Waals surface area contributed by atoms with Crippen molar-refractivity contribution in [2.45, 2.75) is 51.6 Å². The maximum atomic E-state index is 11.3. The van der Waals surface area contributed by atoms with E-state index in [-0.39, 0.29) is 17.7 Å². The highest BCUT2D eigenvalue weighted by atomic mass is 16.3. The third-order valence-corrected chi connectivity index (χ3v) is 3.57. The number of nitrogens with one attached hydrogen (secondary N) is 2. The molecule has 1 aromatic rings. The van der Waals surface area contributed by atoms with E-state index in [4.69, 9.17) is 0 Å². The van der Waals surface area contributed by atoms with Gasteiger partial charge < -0.3 is 15.7 Å². The molecule has 1 amide bonds. The van der Waals surface area contributed by atoms with E-state index in [1.165, 1.54) is 19.8 Å². The van der Waals surface area contributed by atoms with Crippen molar-refractivity contribution in [3.8, 4) is 5.75 Å². The van der Waals surface area contributed by atoms with E-state index in [1.807, 2.05) is 6.07 Å². The van der Waals surface area contributed by atoms with Crippen LogP contribution in [-0.4, -0.2) is 17.1 Å². The molecular formula is C15H22N2O2. The third kappa shape index (κ3) is 3.40. The van der Waals surface area contributed by atoms with Crippen molar-refractivity contribution < 1.29 is 9.90 Å². The lowest BCUT2D eigenvalue weighted by Crippen LogP contribution is -2.36. The molecule has 0 aliphatic carbocycles. The molecule has 1 aromatic carbocycles. The van der Waals surface area contributed by atoms with E-state index in [0.29, 0.717) is 6.04 Å². The highest BCUT2D eigenvalue weighted by Gasteiger charge is 2.26. The van der Waals surface area contributed by atoms with Crippen molar-refractivity contribution in [2.75, 3.05) is 5.32 Å². The van der Waals surface area contributed by atoms with Crippen molar-refractivity contribution in [3.63, 3.8) is 0 Å². The predicted octanol–water partition coefficient (Wildman–Crippen LogP) is 2.94. The zero-order valence-corrected chi connectivity index (χ0v) is 11.6. The Labute approximate surface area is 114 Å². The van der Waals surface area contributed by atoms with Gasteiger partial charge in [0.25, 0.3) is 0 Å². The minimum atomic E-state index is -0.0320. The molecule has 0 fully saturated rings. The second-order valence-corrected chi connectivity index (χ2v) is 5.24. The van der Waals surface area contributed by atoms with Gasteiger partial charge in [0.2, 0.25) is 5.91 Å². The molecule has 0 spiro atoms. The van der Waals surface area contributed by atoms with Gasteiger partial charge in [0, 0.05) is 24.2 Å². The molecule has 2 rings (SSSR count). The number of rotatable bonds is 4. The van der Waals surface area contributed by atoms with Gasteiger partial charge in [-0.05, 0) is 31.0 Å². The van der Waals surface area contributed by atoms with Crippen molar-refractivity contribution in [3.05, 3.63) is 23.8 Å². The lowest BCUT2D eigenvalue weighted by Gasteiger charge is -2.33. The largest absolute Gasteiger partial charge is 0.508 e. The fourth-order valence-corrected chi connectivity index (χ4v) is 2.68. The Balaban J connectivity index is 2.21. The van der Waals surface area contributed by atoms with Crippen LogP contribution in [0.1, 0.15) is 51.1 Å². The number of aromatic hydroxyl groups is 1. The summed E-state index contributed by atoms with van der Waals surface area (Å²) in [6.07, 6.45) is 4.33. The molecular weight excluding hydrogens is 240 g/mol. The van der Waals surface area contributed by atoms with Crippen LogP contribution in [0.2, 0.25) is 0 Å². The minimum absolute atomic E-state index is 0.0114. The molecule has 4 nitrogen and oxygen atoms in total. The van der Waals surface area contributed by atoms with E-state index < -0.39 is 0 Å². The molecule has 3 N–H and O–H groups in total. The molecule has 1 aliphatic rings. The van der Waals surface area contributed by atoms with Crippen molar-refractivity contribution in [1.82, 2.24) is 5.32 Å². The summed E-state index contributed by atoms with van der Waals surface area (Å²) in [7, 11) is 0. The van der Waals surface area contributed by atoms with Crippen LogP contribution in [0.3, 0.4) is 0 Å². The summed E-state index contributed by atoms with van der Waals surface area (Å²) in [5.41, 5.74) is 1.99. The van der Waals surface area contributed by atoms with Crippen LogP contribution < -0.4 is 10.6 Å². The second-order valence-electron chi connectivity index (χ2n) is 5.24. The van der Waals surface area contributed by atoms with Gasteiger partial charge in [0.05, 0.1) is 6.04 Å². The Kier molecular flexibility index (Phi) is 4.30. The van der Waals surface area contributed by atoms with Crippen LogP contribution in [0.5, 0.6) is 5.75 Å². The summed E-state index contributed by atoms with van der Waals surface area (Å²) in [4.78, 5) is 11.3. The van der Waals surface area contributed by atoms with Crippen LogP contribution in [0.25, 0.3) is 0 Å². The molecule has 1 aliphatic heterocycles. The smallest absolute Gasteiger partial charge is 0.217 e. The number of phenols is 1. The minimum Gasteiger partial charge on any atom is -0.508 e. The first-order valence-corrected chi connectivity index (χ1v) is 6.96. The topological polar surface area (TPSA) is 61.4 Å². The van der Waals surface area contributed by atoms with Gasteiger partial charge in [-0.15, -0.1) is 0 Å². The number of benzene rings is 1. The van der Waals surface area contributed by atoms with Crippen LogP contribution in [0.4, 0.5) is 5.69 Å². The van der Waals surface area contributed by atoms with Crippen molar-refractivity contribution >= 4 is 11.6 Å². The van der Waals surface area contributed by atoms with Gasteiger partial charge in [0.1, 0.15) is 5.75 Å². The number of fused-ring (bicyclic) bond motifs is 1. The molecule has 0 saturated carbocycles. The Hall–Kier alpha value is -1.71. The Morgan fingerprint density at radius 3 is 3.00 bits per heavy atom. The number of amides is 1. The SMILES string of the molecule is CCCC[C@@H]1C[C@H](NC(C)=O)c2cc(O)ccc2N1. The number of phenolic OH excluding ortho intramolecular Hbond substituents is 1. The van der Waals surface area contributed by atoms with Crippen LogP contribution >= 0.6 is 0 Å². The lowest BCUT2D eigenvalue weighted by molar-refractivity contribution is -0.119. The van der Waals surface area contributed by atoms with Crippen molar-refractivity contribution in [1.29, 1.82) is 0 Å². The fourth-order valence-electron chi connectivity index (χ4n) is 2.68. The molecule has 104 valence electrons. The quantitative estimate of drug-likeness (QED) is 0.731. The fraction of sp³-hybridized carbons (Fsp3) is 0.533. The van der Waals surface area contributed by atoms with Gasteiger partial charge in [0.15, 0.2) is 0 Å². The second kappa shape index (κ2) is 5.95. The molecule has 19 heavy (non-hydrogen) atoms. The summed E-state index contributed by atoms with van der Waals surface area (Å²) in [5, 5.41) is 16.1. The Morgan fingerprint density at radius 2 is 2.32 bits per heavy atom. The number of hydrogen-bond acceptors (Lipinski definition) is 3. The number of carbonyl (C=O) groups excluding carboxylic acids is 1. The summed E-state index contributed by atoms with van der Waals surface area (Å²) in [6.45, 7) is 3.71. The van der Waals surface area contributed by atoms with Gasteiger partial charge in [-0.25, -0.2) is 0 Å². The maximum absolute atomic E-state index is 11.3. The third-order valence-electron chi connectivity index (χ3n) is 3.57. The number of carbonyl (C=O) groups is 1. The number of unbranched alkanes of at least 4 members (excludes halogenated alkanes) is 1. The van der Waals surface area contributed by atoms with E-state index in [1.54, 1.807) is 12.1 Å². The van der Waals surface area contributed by atoms with E-state index >= 15 is 0 Å². The highest BCUT2D eigenvalue weighted by Crippen LogP contribution is 2.36.